The van der Waals surface area contributed by atoms with Gasteiger partial charge in [0.1, 0.15) is 0 Å². The average Bonchev–Trinajstić information content (AvgIpc) is 2.77. The molecule has 0 radical (unpaired) electrons. The highest BCUT2D eigenvalue weighted by atomic mass is 32.2. The molecule has 1 aromatic carbocycles. The maximum absolute atomic E-state index is 10.8. The molecule has 2 rings (SSSR count). The molecule has 0 spiro atoms. The van der Waals surface area contributed by atoms with Crippen LogP contribution in [0.5, 0.6) is 0 Å². The summed E-state index contributed by atoms with van der Waals surface area (Å²) in [6.45, 7) is 1.39. The Hall–Kier alpha value is -1.82. The summed E-state index contributed by atoms with van der Waals surface area (Å²) in [4.78, 5) is 11.9. The van der Waals surface area contributed by atoms with Crippen molar-refractivity contribution < 1.29 is 9.21 Å². The summed E-state index contributed by atoms with van der Waals surface area (Å²) in [7, 11) is 0. The summed E-state index contributed by atoms with van der Waals surface area (Å²) >= 11 is 1.64. The van der Waals surface area contributed by atoms with Gasteiger partial charge in [-0.2, -0.15) is 0 Å². The minimum atomic E-state index is -0.238. The molecule has 6 heteroatoms. The van der Waals surface area contributed by atoms with E-state index in [2.05, 4.69) is 15.5 Å². The van der Waals surface area contributed by atoms with E-state index in [1.807, 2.05) is 30.5 Å². The predicted molar refractivity (Wildman–Crippen MR) is 65.8 cm³/mol. The van der Waals surface area contributed by atoms with Crippen LogP contribution in [0.3, 0.4) is 0 Å². The van der Waals surface area contributed by atoms with E-state index in [9.17, 15) is 4.79 Å². The van der Waals surface area contributed by atoms with Gasteiger partial charge in [-0.25, -0.2) is 0 Å². The Labute approximate surface area is 103 Å². The van der Waals surface area contributed by atoms with Crippen molar-refractivity contribution >= 4 is 23.7 Å². The quantitative estimate of drug-likeness (QED) is 0.846. The van der Waals surface area contributed by atoms with Crippen LogP contribution in [0, 0.1) is 0 Å². The normalized spacial score (nSPS) is 10.2. The van der Waals surface area contributed by atoms with Gasteiger partial charge in [0.05, 0.1) is 0 Å². The monoisotopic (exact) mass is 249 g/mol. The van der Waals surface area contributed by atoms with E-state index >= 15 is 0 Å². The Morgan fingerprint density at radius 2 is 2.24 bits per heavy atom. The van der Waals surface area contributed by atoms with Crippen molar-refractivity contribution in [2.24, 2.45) is 0 Å². The highest BCUT2D eigenvalue weighted by molar-refractivity contribution is 7.98. The molecule has 0 unspecified atom stereocenters. The van der Waals surface area contributed by atoms with Gasteiger partial charge in [0.2, 0.25) is 11.8 Å². The Balaban J connectivity index is 2.26. The molecule has 1 amide bonds. The van der Waals surface area contributed by atoms with Crippen molar-refractivity contribution in [2.45, 2.75) is 11.8 Å². The second-order valence-electron chi connectivity index (χ2n) is 3.33. The number of nitrogens with zero attached hydrogens (tertiary/aromatic N) is 2. The fourth-order valence-electron chi connectivity index (χ4n) is 1.30. The summed E-state index contributed by atoms with van der Waals surface area (Å²) in [5.41, 5.74) is 0.834. The van der Waals surface area contributed by atoms with Crippen molar-refractivity contribution in [3.63, 3.8) is 0 Å². The fourth-order valence-corrected chi connectivity index (χ4v) is 1.76. The molecule has 0 atom stereocenters. The van der Waals surface area contributed by atoms with Gasteiger partial charge in [-0.1, -0.05) is 11.2 Å². The Bertz CT molecular complexity index is 539. The molecule has 0 aliphatic heterocycles. The number of carbonyl (C=O) groups is 1. The molecule has 88 valence electrons. The lowest BCUT2D eigenvalue weighted by Crippen LogP contribution is -2.05. The van der Waals surface area contributed by atoms with Crippen molar-refractivity contribution in [2.75, 3.05) is 11.6 Å². The lowest BCUT2D eigenvalue weighted by Gasteiger charge is -1.98. The lowest BCUT2D eigenvalue weighted by atomic mass is 10.2. The smallest absolute Gasteiger partial charge is 0.322 e. The molecule has 0 saturated carbocycles. The van der Waals surface area contributed by atoms with Gasteiger partial charge in [0, 0.05) is 17.4 Å². The number of hydrogen-bond acceptors (Lipinski definition) is 5. The van der Waals surface area contributed by atoms with E-state index in [1.165, 1.54) is 6.92 Å². The van der Waals surface area contributed by atoms with Crippen LogP contribution in [-0.4, -0.2) is 22.4 Å². The van der Waals surface area contributed by atoms with E-state index in [0.717, 1.165) is 10.5 Å². The number of anilines is 1. The van der Waals surface area contributed by atoms with Crippen molar-refractivity contribution in [3.05, 3.63) is 24.3 Å². The van der Waals surface area contributed by atoms with E-state index in [0.29, 0.717) is 5.89 Å². The minimum absolute atomic E-state index is 0.113. The van der Waals surface area contributed by atoms with Gasteiger partial charge in [-0.15, -0.1) is 16.9 Å². The van der Waals surface area contributed by atoms with Crippen LogP contribution >= 0.6 is 11.8 Å². The van der Waals surface area contributed by atoms with Crippen molar-refractivity contribution in [3.8, 4) is 11.5 Å². The molecule has 1 aromatic heterocycles. The van der Waals surface area contributed by atoms with E-state index in [-0.39, 0.29) is 11.9 Å². The zero-order valence-corrected chi connectivity index (χ0v) is 10.2. The number of nitrogens with one attached hydrogen (secondary N) is 1. The first kappa shape index (κ1) is 11.7. The second kappa shape index (κ2) is 5.01. The molecule has 17 heavy (non-hydrogen) atoms. The first-order chi connectivity index (χ1) is 8.19. The number of carbonyl (C=O) groups excluding carboxylic acids is 1. The molecule has 1 N–H and O–H groups in total. The SMILES string of the molecule is CSc1cccc(-c2nnc(NC(C)=O)o2)c1. The number of amides is 1. The highest BCUT2D eigenvalue weighted by Crippen LogP contribution is 2.24. The maximum Gasteiger partial charge on any atom is 0.322 e. The second-order valence-corrected chi connectivity index (χ2v) is 4.21. The molecule has 0 saturated heterocycles. The van der Waals surface area contributed by atoms with E-state index in [1.54, 1.807) is 11.8 Å². The summed E-state index contributed by atoms with van der Waals surface area (Å²) in [6.07, 6.45) is 2.00. The molecular formula is C11H11N3O2S. The van der Waals surface area contributed by atoms with Gasteiger partial charge in [-0.3, -0.25) is 10.1 Å². The Morgan fingerprint density at radius 3 is 2.94 bits per heavy atom. The number of thioether (sulfide) groups is 1. The van der Waals surface area contributed by atoms with E-state index < -0.39 is 0 Å². The molecule has 5 nitrogen and oxygen atoms in total. The first-order valence-corrected chi connectivity index (χ1v) is 6.17. The standard InChI is InChI=1S/C11H11N3O2S/c1-7(15)12-11-14-13-10(16-11)8-4-3-5-9(6-8)17-2/h3-6H,1-2H3,(H,12,14,15). The summed E-state index contributed by atoms with van der Waals surface area (Å²) < 4.78 is 5.32. The molecule has 0 aliphatic carbocycles. The number of rotatable bonds is 3. The zero-order chi connectivity index (χ0) is 12.3. The third kappa shape index (κ3) is 2.85. The van der Waals surface area contributed by atoms with Crippen LogP contribution in [0.15, 0.2) is 33.6 Å². The van der Waals surface area contributed by atoms with Gasteiger partial charge < -0.3 is 4.42 Å². The minimum Gasteiger partial charge on any atom is -0.403 e. The largest absolute Gasteiger partial charge is 0.403 e. The third-order valence-electron chi connectivity index (χ3n) is 2.02. The fraction of sp³-hybridized carbons (Fsp3) is 0.182. The van der Waals surface area contributed by atoms with Gasteiger partial charge in [0.15, 0.2) is 0 Å². The van der Waals surface area contributed by atoms with Crippen molar-refractivity contribution in [1.29, 1.82) is 0 Å². The average molecular weight is 249 g/mol. The van der Waals surface area contributed by atoms with Crippen LogP contribution in [0.1, 0.15) is 6.92 Å². The van der Waals surface area contributed by atoms with Crippen LogP contribution in [0.2, 0.25) is 0 Å². The van der Waals surface area contributed by atoms with Crippen LogP contribution in [0.4, 0.5) is 6.01 Å². The van der Waals surface area contributed by atoms with Crippen LogP contribution in [0.25, 0.3) is 11.5 Å². The molecule has 0 fully saturated rings. The lowest BCUT2D eigenvalue weighted by molar-refractivity contribution is -0.114. The number of aromatic nitrogens is 2. The molecule has 0 bridgehead atoms. The van der Waals surface area contributed by atoms with Crippen molar-refractivity contribution in [1.82, 2.24) is 10.2 Å². The topological polar surface area (TPSA) is 68.0 Å². The van der Waals surface area contributed by atoms with E-state index in [4.69, 9.17) is 4.42 Å². The molecule has 2 aromatic rings. The number of benzene rings is 1. The van der Waals surface area contributed by atoms with Crippen LogP contribution in [-0.2, 0) is 4.79 Å². The third-order valence-corrected chi connectivity index (χ3v) is 2.75. The van der Waals surface area contributed by atoms with Gasteiger partial charge >= 0.3 is 6.01 Å². The summed E-state index contributed by atoms with van der Waals surface area (Å²) in [6, 6.07) is 7.87. The Morgan fingerprint density at radius 1 is 1.41 bits per heavy atom. The molecular weight excluding hydrogens is 238 g/mol. The zero-order valence-electron chi connectivity index (χ0n) is 9.43. The Kier molecular flexibility index (Phi) is 3.43. The first-order valence-electron chi connectivity index (χ1n) is 4.94. The van der Waals surface area contributed by atoms with Gasteiger partial charge in [0.25, 0.3) is 0 Å². The molecule has 0 aliphatic rings. The highest BCUT2D eigenvalue weighted by Gasteiger charge is 2.09. The summed E-state index contributed by atoms with van der Waals surface area (Å²) in [5.74, 6) is 0.155. The van der Waals surface area contributed by atoms with Gasteiger partial charge in [-0.05, 0) is 24.5 Å². The predicted octanol–water partition coefficient (Wildman–Crippen LogP) is 2.42. The molecule has 1 heterocycles. The maximum atomic E-state index is 10.8. The summed E-state index contributed by atoms with van der Waals surface area (Å²) in [5, 5.41) is 10.0. The van der Waals surface area contributed by atoms with Crippen LogP contribution < -0.4 is 5.32 Å². The number of hydrogen-bond donors (Lipinski definition) is 1.